The van der Waals surface area contributed by atoms with Crippen LogP contribution in [-0.2, 0) is 16.0 Å². The van der Waals surface area contributed by atoms with Crippen LogP contribution in [0.5, 0.6) is 17.2 Å². The molecule has 2 N–H and O–H groups in total. The van der Waals surface area contributed by atoms with Crippen LogP contribution in [0.15, 0.2) is 64.3 Å². The lowest BCUT2D eigenvalue weighted by atomic mass is 9.95. The quantitative estimate of drug-likeness (QED) is 0.351. The molecule has 0 unspecified atom stereocenters. The number of methoxy groups -OCH3 is 3. The molecule has 1 aliphatic carbocycles. The molecule has 0 aromatic heterocycles. The summed E-state index contributed by atoms with van der Waals surface area (Å²) in [4.78, 5) is 39.2. The first-order valence-corrected chi connectivity index (χ1v) is 14.0. The van der Waals surface area contributed by atoms with Crippen molar-refractivity contribution in [3.8, 4) is 28.4 Å². The molecule has 4 rings (SSSR count). The van der Waals surface area contributed by atoms with Crippen molar-refractivity contribution in [3.05, 3.63) is 81.5 Å². The average Bonchev–Trinajstić information content (AvgIpc) is 3.22. The molecule has 3 aromatic rings. The molecule has 0 bridgehead atoms. The number of rotatable bonds is 8. The van der Waals surface area contributed by atoms with Crippen LogP contribution in [0.2, 0.25) is 0 Å². The monoisotopic (exact) mass is 602 g/mol. The number of nitrogens with one attached hydrogen (secondary N) is 2. The Morgan fingerprint density at radius 3 is 2.26 bits per heavy atom. The summed E-state index contributed by atoms with van der Waals surface area (Å²) in [5.74, 6) is -1.99. The van der Waals surface area contributed by atoms with Crippen molar-refractivity contribution >= 4 is 23.6 Å². The second-order valence-electron chi connectivity index (χ2n) is 9.37. The molecule has 222 valence electrons. The Bertz CT molecular complexity index is 1550. The SMILES string of the molecule is COc1cc2c(c(OC)c1OC)-c1ccc(SC)c(=O)cc1[C@@H](NC(=O)[C@@H](NC(=O)C(F)(F)F)c1ccccc1)CC2. The van der Waals surface area contributed by atoms with Gasteiger partial charge in [0.25, 0.3) is 0 Å². The minimum Gasteiger partial charge on any atom is -0.493 e. The van der Waals surface area contributed by atoms with Gasteiger partial charge >= 0.3 is 12.1 Å². The molecule has 8 nitrogen and oxygen atoms in total. The molecule has 12 heteroatoms. The zero-order valence-electron chi connectivity index (χ0n) is 23.3. The van der Waals surface area contributed by atoms with E-state index in [1.54, 1.807) is 42.7 Å². The van der Waals surface area contributed by atoms with E-state index in [0.29, 0.717) is 45.3 Å². The standard InChI is InChI=1S/C30H29F3N2O6S/c1-39-22-14-17-10-12-20(34-28(37)25(16-8-6-5-7-9-16)35-29(38)30(31,32)33)19-15-21(36)23(42-4)13-11-18(19)24(17)27(41-3)26(22)40-2/h5-9,11,13-15,20,25H,10,12H2,1-4H3,(H,34,37)(H,35,38)/t20-,25-/m0/s1. The van der Waals surface area contributed by atoms with Gasteiger partial charge in [0.15, 0.2) is 16.9 Å². The number of alkyl halides is 3. The topological polar surface area (TPSA) is 103 Å². The Morgan fingerprint density at radius 1 is 0.976 bits per heavy atom. The first-order chi connectivity index (χ1) is 20.0. The molecule has 0 heterocycles. The van der Waals surface area contributed by atoms with Gasteiger partial charge in [0.2, 0.25) is 11.7 Å². The first-order valence-electron chi connectivity index (χ1n) is 12.8. The molecule has 0 saturated heterocycles. The van der Waals surface area contributed by atoms with Gasteiger partial charge in [-0.2, -0.15) is 13.2 Å². The van der Waals surface area contributed by atoms with Crippen LogP contribution in [-0.4, -0.2) is 45.6 Å². The van der Waals surface area contributed by atoms with Gasteiger partial charge in [-0.15, -0.1) is 11.8 Å². The molecule has 0 saturated carbocycles. The fourth-order valence-corrected chi connectivity index (χ4v) is 5.49. The van der Waals surface area contributed by atoms with Crippen molar-refractivity contribution in [2.24, 2.45) is 0 Å². The number of hydrogen-bond donors (Lipinski definition) is 2. The third kappa shape index (κ3) is 6.18. The van der Waals surface area contributed by atoms with Crippen molar-refractivity contribution in [3.63, 3.8) is 0 Å². The van der Waals surface area contributed by atoms with Crippen LogP contribution < -0.4 is 30.3 Å². The Balaban J connectivity index is 1.87. The van der Waals surface area contributed by atoms with Crippen molar-refractivity contribution in [1.29, 1.82) is 0 Å². The van der Waals surface area contributed by atoms with E-state index in [2.05, 4.69) is 5.32 Å². The number of thioether (sulfide) groups is 1. The van der Waals surface area contributed by atoms with Gasteiger partial charge in [-0.3, -0.25) is 14.4 Å². The summed E-state index contributed by atoms with van der Waals surface area (Å²) in [5.41, 5.74) is 2.29. The molecule has 2 atom stereocenters. The fraction of sp³-hybridized carbons (Fsp3) is 0.300. The summed E-state index contributed by atoms with van der Waals surface area (Å²) in [6, 6.07) is 11.8. The highest BCUT2D eigenvalue weighted by Crippen LogP contribution is 2.50. The first kappa shape index (κ1) is 30.8. The lowest BCUT2D eigenvalue weighted by molar-refractivity contribution is -0.174. The van der Waals surface area contributed by atoms with Gasteiger partial charge in [-0.05, 0) is 59.6 Å². The minimum absolute atomic E-state index is 0.161. The van der Waals surface area contributed by atoms with E-state index < -0.39 is 30.1 Å². The Morgan fingerprint density at radius 2 is 1.67 bits per heavy atom. The third-order valence-electron chi connectivity index (χ3n) is 6.97. The zero-order valence-corrected chi connectivity index (χ0v) is 24.1. The number of benzene rings is 2. The number of amides is 2. The molecule has 1 aliphatic rings. The maximum atomic E-state index is 13.6. The number of carbonyl (C=O) groups excluding carboxylic acids is 2. The van der Waals surface area contributed by atoms with Crippen LogP contribution in [0.1, 0.15) is 35.2 Å². The van der Waals surface area contributed by atoms with Gasteiger partial charge in [0.05, 0.1) is 32.3 Å². The van der Waals surface area contributed by atoms with E-state index in [-0.39, 0.29) is 17.4 Å². The number of ether oxygens (including phenoxy) is 3. The second-order valence-corrected chi connectivity index (χ2v) is 10.2. The van der Waals surface area contributed by atoms with E-state index in [1.807, 2.05) is 5.32 Å². The number of hydrogen-bond acceptors (Lipinski definition) is 7. The van der Waals surface area contributed by atoms with Crippen molar-refractivity contribution in [2.45, 2.75) is 36.0 Å². The number of fused-ring (bicyclic) bond motifs is 3. The summed E-state index contributed by atoms with van der Waals surface area (Å²) < 4.78 is 56.4. The van der Waals surface area contributed by atoms with Crippen molar-refractivity contribution < 1.29 is 37.0 Å². The van der Waals surface area contributed by atoms with Crippen LogP contribution in [0.25, 0.3) is 11.1 Å². The third-order valence-corrected chi connectivity index (χ3v) is 7.74. The number of carbonyl (C=O) groups is 2. The van der Waals surface area contributed by atoms with Gasteiger partial charge in [-0.25, -0.2) is 0 Å². The molecule has 3 aromatic carbocycles. The number of halogens is 3. The highest BCUT2D eigenvalue weighted by Gasteiger charge is 2.41. The summed E-state index contributed by atoms with van der Waals surface area (Å²) >= 11 is 1.25. The zero-order chi connectivity index (χ0) is 30.6. The van der Waals surface area contributed by atoms with Gasteiger partial charge in [0.1, 0.15) is 6.04 Å². The predicted molar refractivity (Wildman–Crippen MR) is 152 cm³/mol. The molecule has 0 aliphatic heterocycles. The minimum atomic E-state index is -5.20. The molecule has 0 radical (unpaired) electrons. The van der Waals surface area contributed by atoms with Gasteiger partial charge < -0.3 is 24.8 Å². The molecular formula is C30H29F3N2O6S. The maximum Gasteiger partial charge on any atom is 0.471 e. The summed E-state index contributed by atoms with van der Waals surface area (Å²) in [6.07, 6.45) is -2.78. The fourth-order valence-electron chi connectivity index (χ4n) is 5.03. The van der Waals surface area contributed by atoms with E-state index in [1.165, 1.54) is 51.3 Å². The average molecular weight is 603 g/mol. The highest BCUT2D eigenvalue weighted by atomic mass is 32.2. The number of aryl methyl sites for hydroxylation is 1. The summed E-state index contributed by atoms with van der Waals surface area (Å²) in [7, 11) is 4.44. The summed E-state index contributed by atoms with van der Waals surface area (Å²) in [6.45, 7) is 0. The normalized spacial score (nSPS) is 14.9. The smallest absolute Gasteiger partial charge is 0.471 e. The highest BCUT2D eigenvalue weighted by molar-refractivity contribution is 7.98. The lowest BCUT2D eigenvalue weighted by Crippen LogP contribution is -2.46. The lowest BCUT2D eigenvalue weighted by Gasteiger charge is -2.24. The van der Waals surface area contributed by atoms with Crippen LogP contribution in [0, 0.1) is 0 Å². The molecule has 0 fully saturated rings. The van der Waals surface area contributed by atoms with Crippen molar-refractivity contribution in [1.82, 2.24) is 10.6 Å². The molecular weight excluding hydrogens is 573 g/mol. The Kier molecular flexibility index (Phi) is 9.35. The van der Waals surface area contributed by atoms with E-state index in [9.17, 15) is 27.6 Å². The van der Waals surface area contributed by atoms with Crippen LogP contribution in [0.3, 0.4) is 0 Å². The predicted octanol–water partition coefficient (Wildman–Crippen LogP) is 4.98. The summed E-state index contributed by atoms with van der Waals surface area (Å²) in [5, 5.41) is 4.62. The van der Waals surface area contributed by atoms with Crippen molar-refractivity contribution in [2.75, 3.05) is 27.6 Å². The molecule has 42 heavy (non-hydrogen) atoms. The second kappa shape index (κ2) is 12.8. The Hall–Kier alpha value is -4.19. The molecule has 0 spiro atoms. The molecule has 2 amide bonds. The van der Waals surface area contributed by atoms with Gasteiger partial charge in [-0.1, -0.05) is 36.4 Å². The van der Waals surface area contributed by atoms with Gasteiger partial charge in [0, 0.05) is 5.56 Å². The van der Waals surface area contributed by atoms with E-state index in [0.717, 1.165) is 5.56 Å². The van der Waals surface area contributed by atoms with Crippen LogP contribution in [0.4, 0.5) is 13.2 Å². The van der Waals surface area contributed by atoms with E-state index in [4.69, 9.17) is 14.2 Å². The Labute approximate surface area is 244 Å². The largest absolute Gasteiger partial charge is 0.493 e. The van der Waals surface area contributed by atoms with E-state index >= 15 is 0 Å². The van der Waals surface area contributed by atoms with Crippen LogP contribution >= 0.6 is 11.8 Å². The maximum absolute atomic E-state index is 13.6.